The predicted octanol–water partition coefficient (Wildman–Crippen LogP) is 2.91. The fourth-order valence-electron chi connectivity index (χ4n) is 3.39. The number of primary amides is 1. The van der Waals surface area contributed by atoms with Crippen LogP contribution >= 0.6 is 11.5 Å². The van der Waals surface area contributed by atoms with Gasteiger partial charge in [-0.2, -0.15) is 4.37 Å². The third-order valence-electron chi connectivity index (χ3n) is 5.28. The van der Waals surface area contributed by atoms with Gasteiger partial charge in [0, 0.05) is 26.3 Å². The van der Waals surface area contributed by atoms with Gasteiger partial charge in [-0.15, -0.1) is 0 Å². The largest absolute Gasteiger partial charge is 0.395 e. The molecule has 1 atom stereocenters. The molecule has 0 saturated heterocycles. The number of rotatable bonds is 13. The first kappa shape index (κ1) is 27.3. The molecule has 0 fully saturated rings. The number of nitrogen functional groups attached to an aromatic ring is 1. The van der Waals surface area contributed by atoms with Crippen molar-refractivity contribution in [2.45, 2.75) is 46.6 Å². The lowest BCUT2D eigenvalue weighted by Gasteiger charge is -2.31. The second kappa shape index (κ2) is 13.0. The van der Waals surface area contributed by atoms with E-state index in [0.29, 0.717) is 37.7 Å². The van der Waals surface area contributed by atoms with Crippen LogP contribution in [0.1, 0.15) is 70.9 Å². The lowest BCUT2D eigenvalue weighted by molar-refractivity contribution is -0.126. The number of ether oxygens (including phenoxy) is 1. The van der Waals surface area contributed by atoms with Crippen molar-refractivity contribution in [2.75, 3.05) is 32.0 Å². The summed E-state index contributed by atoms with van der Waals surface area (Å²) in [5.74, 6) is -1.15. The number of nitrogens with zero attached hydrogens (tertiary/aromatic N) is 2. The van der Waals surface area contributed by atoms with Crippen LogP contribution in [0, 0.1) is 12.8 Å². The Labute approximate surface area is 205 Å². The highest BCUT2D eigenvalue weighted by atomic mass is 32.1. The number of amides is 3. The van der Waals surface area contributed by atoms with Gasteiger partial charge in [0.05, 0.1) is 5.69 Å². The van der Waals surface area contributed by atoms with E-state index in [4.69, 9.17) is 16.2 Å². The summed E-state index contributed by atoms with van der Waals surface area (Å²) in [6.07, 6.45) is 1.33. The lowest BCUT2D eigenvalue weighted by Crippen LogP contribution is -2.44. The van der Waals surface area contributed by atoms with Crippen molar-refractivity contribution < 1.29 is 19.1 Å². The second-order valence-electron chi connectivity index (χ2n) is 8.47. The van der Waals surface area contributed by atoms with E-state index in [2.05, 4.69) is 23.5 Å². The van der Waals surface area contributed by atoms with Crippen molar-refractivity contribution in [3.63, 3.8) is 0 Å². The Morgan fingerprint density at radius 2 is 1.88 bits per heavy atom. The second-order valence-corrected chi connectivity index (χ2v) is 9.25. The Hall–Kier alpha value is -2.98. The molecule has 0 aliphatic carbocycles. The Balaban J connectivity index is 2.46. The average Bonchev–Trinajstić information content (AvgIpc) is 3.17. The zero-order chi connectivity index (χ0) is 25.3. The number of nitrogens with two attached hydrogens (primary N) is 2. The van der Waals surface area contributed by atoms with Crippen LogP contribution in [0.4, 0.5) is 5.69 Å². The van der Waals surface area contributed by atoms with Crippen LogP contribution in [0.15, 0.2) is 24.3 Å². The maximum absolute atomic E-state index is 13.7. The third kappa shape index (κ3) is 7.26. The molecule has 0 bridgehead atoms. The number of aryl methyl sites for hydroxylation is 1. The van der Waals surface area contributed by atoms with Gasteiger partial charge in [0.1, 0.15) is 10.9 Å². The van der Waals surface area contributed by atoms with E-state index in [0.717, 1.165) is 23.5 Å². The predicted molar refractivity (Wildman–Crippen MR) is 134 cm³/mol. The Morgan fingerprint density at radius 1 is 1.21 bits per heavy atom. The summed E-state index contributed by atoms with van der Waals surface area (Å²) < 4.78 is 9.40. The molecule has 1 aromatic carbocycles. The highest BCUT2D eigenvalue weighted by Gasteiger charge is 2.34. The quantitative estimate of drug-likeness (QED) is 0.370. The molecule has 1 aromatic heterocycles. The van der Waals surface area contributed by atoms with Crippen LogP contribution in [0.5, 0.6) is 0 Å². The van der Waals surface area contributed by atoms with E-state index < -0.39 is 17.9 Å². The first-order valence-electron chi connectivity index (χ1n) is 11.4. The van der Waals surface area contributed by atoms with Crippen LogP contribution in [-0.4, -0.2) is 53.3 Å². The minimum atomic E-state index is -0.889. The van der Waals surface area contributed by atoms with Crippen LogP contribution in [0.2, 0.25) is 0 Å². The summed E-state index contributed by atoms with van der Waals surface area (Å²) in [5, 5.41) is 2.97. The maximum Gasteiger partial charge on any atom is 0.270 e. The topological polar surface area (TPSA) is 141 Å². The van der Waals surface area contributed by atoms with Crippen LogP contribution in [0.3, 0.4) is 0 Å². The maximum atomic E-state index is 13.7. The van der Waals surface area contributed by atoms with Gasteiger partial charge in [-0.25, -0.2) is 0 Å². The van der Waals surface area contributed by atoms with Gasteiger partial charge in [-0.3, -0.25) is 14.4 Å². The number of benzene rings is 1. The monoisotopic (exact) mass is 489 g/mol. The number of aromatic nitrogens is 1. The average molecular weight is 490 g/mol. The summed E-state index contributed by atoms with van der Waals surface area (Å²) in [5.41, 5.74) is 12.9. The molecule has 5 N–H and O–H groups in total. The van der Waals surface area contributed by atoms with Crippen LogP contribution in [-0.2, 0) is 9.53 Å². The highest BCUT2D eigenvalue weighted by Crippen LogP contribution is 2.29. The summed E-state index contributed by atoms with van der Waals surface area (Å²) in [6.45, 7) is 9.73. The van der Waals surface area contributed by atoms with Crippen molar-refractivity contribution in [1.29, 1.82) is 0 Å². The SMILES string of the molecule is CCOCCCN(C(=O)c1snc(C(N)=O)c1N)[C@@H](C(=O)NCCC(C)C)c1ccc(C)cc1. The molecule has 2 aromatic rings. The van der Waals surface area contributed by atoms with Gasteiger partial charge >= 0.3 is 0 Å². The van der Waals surface area contributed by atoms with Crippen molar-refractivity contribution in [1.82, 2.24) is 14.6 Å². The molecule has 1 heterocycles. The molecular formula is C24H35N5O4S. The first-order chi connectivity index (χ1) is 16.2. The van der Waals surface area contributed by atoms with Gasteiger partial charge < -0.3 is 26.4 Å². The molecule has 0 spiro atoms. The van der Waals surface area contributed by atoms with E-state index in [1.54, 1.807) is 0 Å². The Bertz CT molecular complexity index is 974. The van der Waals surface area contributed by atoms with Crippen molar-refractivity contribution >= 4 is 34.9 Å². The molecule has 34 heavy (non-hydrogen) atoms. The fourth-order valence-corrected chi connectivity index (χ4v) is 4.15. The number of hydrogen-bond acceptors (Lipinski definition) is 7. The lowest BCUT2D eigenvalue weighted by atomic mass is 10.0. The highest BCUT2D eigenvalue weighted by molar-refractivity contribution is 7.09. The van der Waals surface area contributed by atoms with Crippen molar-refractivity contribution in [3.05, 3.63) is 46.0 Å². The number of hydrogen-bond donors (Lipinski definition) is 3. The molecule has 0 unspecified atom stereocenters. The van der Waals surface area contributed by atoms with Gasteiger partial charge in [0.25, 0.3) is 11.8 Å². The number of carbonyl (C=O) groups excluding carboxylic acids is 3. The fraction of sp³-hybridized carbons (Fsp3) is 0.500. The summed E-state index contributed by atoms with van der Waals surface area (Å²) in [4.78, 5) is 40.3. The first-order valence-corrected chi connectivity index (χ1v) is 12.2. The number of nitrogens with one attached hydrogen (secondary N) is 1. The minimum Gasteiger partial charge on any atom is -0.395 e. The van der Waals surface area contributed by atoms with Gasteiger partial charge in [-0.05, 0) is 49.7 Å². The van der Waals surface area contributed by atoms with E-state index >= 15 is 0 Å². The normalized spacial score (nSPS) is 11.9. The number of carbonyl (C=O) groups is 3. The number of anilines is 1. The Morgan fingerprint density at radius 3 is 2.44 bits per heavy atom. The van der Waals surface area contributed by atoms with Gasteiger partial charge in [0.15, 0.2) is 5.69 Å². The molecule has 9 nitrogen and oxygen atoms in total. The molecule has 2 rings (SSSR count). The molecule has 186 valence electrons. The van der Waals surface area contributed by atoms with Crippen molar-refractivity contribution in [3.8, 4) is 0 Å². The van der Waals surface area contributed by atoms with Crippen LogP contribution in [0.25, 0.3) is 0 Å². The molecule has 10 heteroatoms. The standard InChI is InChI=1S/C24H35N5O4S/c1-5-33-14-6-13-29(24(32)21-18(25)19(22(26)30)28-34-21)20(17-9-7-16(4)8-10-17)23(31)27-12-11-15(2)3/h7-10,15,20H,5-6,11-14,25H2,1-4H3,(H2,26,30)(H,27,31)/t20-/m1/s1. The third-order valence-corrected chi connectivity index (χ3v) is 6.13. The molecule has 0 radical (unpaired) electrons. The molecule has 3 amide bonds. The van der Waals surface area contributed by atoms with Gasteiger partial charge in [-0.1, -0.05) is 43.7 Å². The smallest absolute Gasteiger partial charge is 0.270 e. The van der Waals surface area contributed by atoms with E-state index in [1.807, 2.05) is 38.1 Å². The molecule has 0 saturated carbocycles. The molecule has 0 aliphatic heterocycles. The Kier molecular flexibility index (Phi) is 10.5. The molecule has 0 aliphatic rings. The molecular weight excluding hydrogens is 454 g/mol. The zero-order valence-corrected chi connectivity index (χ0v) is 21.1. The zero-order valence-electron chi connectivity index (χ0n) is 20.3. The van der Waals surface area contributed by atoms with E-state index in [9.17, 15) is 14.4 Å². The summed E-state index contributed by atoms with van der Waals surface area (Å²) in [7, 11) is 0. The summed E-state index contributed by atoms with van der Waals surface area (Å²) in [6, 6.07) is 6.60. The summed E-state index contributed by atoms with van der Waals surface area (Å²) >= 11 is 0.803. The van der Waals surface area contributed by atoms with Gasteiger partial charge in [0.2, 0.25) is 5.91 Å². The minimum absolute atomic E-state index is 0.0693. The van der Waals surface area contributed by atoms with Crippen LogP contribution < -0.4 is 16.8 Å². The van der Waals surface area contributed by atoms with E-state index in [-0.39, 0.29) is 28.7 Å². The van der Waals surface area contributed by atoms with Crippen molar-refractivity contribution in [2.24, 2.45) is 11.7 Å². The van der Waals surface area contributed by atoms with E-state index in [1.165, 1.54) is 4.90 Å².